The van der Waals surface area contributed by atoms with E-state index < -0.39 is 18.5 Å². The summed E-state index contributed by atoms with van der Waals surface area (Å²) in [6.07, 6.45) is 4.24. The van der Waals surface area contributed by atoms with E-state index in [0.29, 0.717) is 17.1 Å². The van der Waals surface area contributed by atoms with Crippen LogP contribution in [0.1, 0.15) is 15.9 Å². The molecule has 0 aliphatic carbocycles. The molecule has 0 radical (unpaired) electrons. The van der Waals surface area contributed by atoms with Gasteiger partial charge in [0.1, 0.15) is 11.5 Å². The first-order valence-corrected chi connectivity index (χ1v) is 10.3. The topological polar surface area (TPSA) is 89.9 Å². The first-order valence-electron chi connectivity index (χ1n) is 10.3. The summed E-state index contributed by atoms with van der Waals surface area (Å²) in [7, 11) is 0. The molecule has 0 unspecified atom stereocenters. The van der Waals surface area contributed by atoms with E-state index >= 15 is 0 Å². The summed E-state index contributed by atoms with van der Waals surface area (Å²) in [5.41, 5.74) is 3.07. The summed E-state index contributed by atoms with van der Waals surface area (Å²) in [5, 5.41) is 8.93. The number of ketones is 1. The average molecular weight is 454 g/mol. The summed E-state index contributed by atoms with van der Waals surface area (Å²) in [5.74, 6) is -0.637. The van der Waals surface area contributed by atoms with Crippen molar-refractivity contribution in [3.63, 3.8) is 0 Å². The van der Waals surface area contributed by atoms with Crippen LogP contribution in [0.25, 0.3) is 17.2 Å². The number of esters is 2. The van der Waals surface area contributed by atoms with Crippen molar-refractivity contribution >= 4 is 23.8 Å². The molecule has 0 saturated carbocycles. The quantitative estimate of drug-likeness (QED) is 0.216. The number of carbonyl (C=O) groups is 3. The number of aliphatic hydroxyl groups is 1. The molecule has 0 amide bonds. The van der Waals surface area contributed by atoms with Gasteiger partial charge in [-0.3, -0.25) is 4.79 Å². The van der Waals surface area contributed by atoms with Gasteiger partial charge in [0.15, 0.2) is 5.78 Å². The van der Waals surface area contributed by atoms with Crippen LogP contribution >= 0.6 is 0 Å². The lowest BCUT2D eigenvalue weighted by atomic mass is 10.0. The van der Waals surface area contributed by atoms with Crippen molar-refractivity contribution in [1.29, 1.82) is 0 Å². The minimum Gasteiger partial charge on any atom is -0.423 e. The van der Waals surface area contributed by atoms with Gasteiger partial charge in [-0.25, -0.2) is 9.59 Å². The van der Waals surface area contributed by atoms with Crippen LogP contribution < -0.4 is 9.47 Å². The second-order valence-corrected chi connectivity index (χ2v) is 7.14. The van der Waals surface area contributed by atoms with Gasteiger partial charge in [-0.15, -0.1) is 0 Å². The Morgan fingerprint density at radius 1 is 0.794 bits per heavy atom. The van der Waals surface area contributed by atoms with Gasteiger partial charge in [0, 0.05) is 11.6 Å². The van der Waals surface area contributed by atoms with Crippen molar-refractivity contribution in [2.24, 2.45) is 0 Å². The Balaban J connectivity index is 1.62. The van der Waals surface area contributed by atoms with Gasteiger partial charge in [0.05, 0.1) is 12.2 Å². The van der Waals surface area contributed by atoms with E-state index in [4.69, 9.17) is 14.6 Å². The maximum Gasteiger partial charge on any atom is 0.341 e. The molecular weight excluding hydrogens is 432 g/mol. The fourth-order valence-electron chi connectivity index (χ4n) is 2.86. The second-order valence-electron chi connectivity index (χ2n) is 7.14. The molecule has 6 heteroatoms. The Bertz CT molecular complexity index is 1230. The van der Waals surface area contributed by atoms with Crippen LogP contribution in [0.2, 0.25) is 0 Å². The van der Waals surface area contributed by atoms with Gasteiger partial charge in [0.2, 0.25) is 0 Å². The molecule has 0 bridgehead atoms. The lowest BCUT2D eigenvalue weighted by Crippen LogP contribution is -2.12. The van der Waals surface area contributed by atoms with Gasteiger partial charge in [-0.05, 0) is 47.0 Å². The zero-order chi connectivity index (χ0) is 24.5. The van der Waals surface area contributed by atoms with Gasteiger partial charge >= 0.3 is 11.9 Å². The number of carbonyl (C=O) groups excluding carboxylic acids is 3. The third kappa shape index (κ3) is 6.48. The summed E-state index contributed by atoms with van der Waals surface area (Å²) in [4.78, 5) is 35.4. The van der Waals surface area contributed by atoms with Crippen LogP contribution in [0.15, 0.2) is 104 Å². The molecule has 3 aromatic carbocycles. The Labute approximate surface area is 197 Å². The van der Waals surface area contributed by atoms with E-state index in [2.05, 4.69) is 13.2 Å². The van der Waals surface area contributed by atoms with Crippen LogP contribution in [0.4, 0.5) is 0 Å². The van der Waals surface area contributed by atoms with Crippen LogP contribution in [0.3, 0.4) is 0 Å². The van der Waals surface area contributed by atoms with E-state index in [9.17, 15) is 14.4 Å². The zero-order valence-corrected chi connectivity index (χ0v) is 18.3. The SMILES string of the molecule is C=CC(=O)Oc1ccc(/C=C/C(=O)c2ccc(-c3ccc(OC(=O)C(=C)CO)cc3)cc2)cc1. The monoisotopic (exact) mass is 454 g/mol. The van der Waals surface area contributed by atoms with Gasteiger partial charge in [-0.1, -0.05) is 67.8 Å². The average Bonchev–Trinajstić information content (AvgIpc) is 2.88. The number of hydrogen-bond donors (Lipinski definition) is 1. The fraction of sp³-hybridized carbons (Fsp3) is 0.0357. The molecule has 34 heavy (non-hydrogen) atoms. The van der Waals surface area contributed by atoms with E-state index in [1.807, 2.05) is 12.1 Å². The van der Waals surface area contributed by atoms with Gasteiger partial charge in [-0.2, -0.15) is 0 Å². The molecule has 0 spiro atoms. The number of rotatable bonds is 9. The Hall–Kier alpha value is -4.55. The molecule has 3 rings (SSSR count). The standard InChI is InChI=1S/C28H22O6/c1-3-27(31)33-24-13-4-20(5-14-24)6-17-26(30)23-9-7-21(8-10-23)22-11-15-25(16-12-22)34-28(32)19(2)18-29/h3-17,29H,1-2,18H2/b17-6+. The number of hydrogen-bond acceptors (Lipinski definition) is 6. The highest BCUT2D eigenvalue weighted by Gasteiger charge is 2.09. The highest BCUT2D eigenvalue weighted by molar-refractivity contribution is 6.07. The maximum atomic E-state index is 12.5. The van der Waals surface area contributed by atoms with Crippen LogP contribution in [0.5, 0.6) is 11.5 Å². The third-order valence-corrected chi connectivity index (χ3v) is 4.74. The lowest BCUT2D eigenvalue weighted by Gasteiger charge is -2.07. The summed E-state index contributed by atoms with van der Waals surface area (Å²) >= 11 is 0. The minimum absolute atomic E-state index is 0.0237. The van der Waals surface area contributed by atoms with Crippen molar-refractivity contribution in [2.75, 3.05) is 6.61 Å². The number of benzene rings is 3. The van der Waals surface area contributed by atoms with E-state index in [0.717, 1.165) is 22.8 Å². The highest BCUT2D eigenvalue weighted by Crippen LogP contribution is 2.23. The summed E-state index contributed by atoms with van der Waals surface area (Å²) in [6.45, 7) is 6.31. The van der Waals surface area contributed by atoms with Crippen molar-refractivity contribution in [3.8, 4) is 22.6 Å². The predicted molar refractivity (Wildman–Crippen MR) is 129 cm³/mol. The third-order valence-electron chi connectivity index (χ3n) is 4.74. The Kier molecular flexibility index (Phi) is 8.05. The van der Waals surface area contributed by atoms with E-state index in [1.165, 1.54) is 6.08 Å². The molecule has 0 saturated heterocycles. The number of ether oxygens (including phenoxy) is 2. The molecule has 170 valence electrons. The normalized spacial score (nSPS) is 10.5. The van der Waals surface area contributed by atoms with E-state index in [1.54, 1.807) is 66.7 Å². The second kappa shape index (κ2) is 11.4. The van der Waals surface area contributed by atoms with Gasteiger partial charge < -0.3 is 14.6 Å². The smallest absolute Gasteiger partial charge is 0.341 e. The van der Waals surface area contributed by atoms with Crippen molar-refractivity contribution in [3.05, 3.63) is 115 Å². The predicted octanol–water partition coefficient (Wildman–Crippen LogP) is 4.80. The van der Waals surface area contributed by atoms with Crippen molar-refractivity contribution in [2.45, 2.75) is 0 Å². The molecule has 0 aliphatic heterocycles. The number of allylic oxidation sites excluding steroid dienone is 1. The molecule has 0 atom stereocenters. The summed E-state index contributed by atoms with van der Waals surface area (Å²) in [6, 6.07) is 20.7. The minimum atomic E-state index is -0.682. The fourth-order valence-corrected chi connectivity index (χ4v) is 2.86. The Morgan fingerprint density at radius 3 is 1.88 bits per heavy atom. The molecule has 3 aromatic rings. The van der Waals surface area contributed by atoms with Crippen LogP contribution in [0, 0.1) is 0 Å². The largest absolute Gasteiger partial charge is 0.423 e. The van der Waals surface area contributed by atoms with Crippen molar-refractivity contribution in [1.82, 2.24) is 0 Å². The molecule has 0 aromatic heterocycles. The van der Waals surface area contributed by atoms with Gasteiger partial charge in [0.25, 0.3) is 0 Å². The molecule has 0 fully saturated rings. The molecule has 1 N–H and O–H groups in total. The zero-order valence-electron chi connectivity index (χ0n) is 18.3. The molecule has 0 heterocycles. The van der Waals surface area contributed by atoms with E-state index in [-0.39, 0.29) is 11.4 Å². The number of aliphatic hydroxyl groups excluding tert-OH is 1. The van der Waals surface area contributed by atoms with Crippen molar-refractivity contribution < 1.29 is 29.0 Å². The molecular formula is C28H22O6. The van der Waals surface area contributed by atoms with Crippen LogP contribution in [-0.2, 0) is 9.59 Å². The summed E-state index contributed by atoms with van der Waals surface area (Å²) < 4.78 is 10.1. The first-order chi connectivity index (χ1) is 16.4. The Morgan fingerprint density at radius 2 is 1.32 bits per heavy atom. The molecule has 0 aliphatic rings. The first kappa shape index (κ1) is 24.1. The lowest BCUT2D eigenvalue weighted by molar-refractivity contribution is -0.131. The van der Waals surface area contributed by atoms with Crippen LogP contribution in [-0.4, -0.2) is 29.4 Å². The maximum absolute atomic E-state index is 12.5. The molecule has 6 nitrogen and oxygen atoms in total. The highest BCUT2D eigenvalue weighted by atomic mass is 16.5.